The standard InChI is InChI=1S/C13H11Cl2FN2O2S/c14-9-6-10(15)13(5-8(9)7-17)21(19,20)18-12-4-2-1-3-11(12)16/h1-6,18H,7,17H2. The smallest absolute Gasteiger partial charge is 0.263 e. The van der Waals surface area contributed by atoms with Crippen LogP contribution in [0.15, 0.2) is 41.3 Å². The fourth-order valence-electron chi connectivity index (χ4n) is 1.68. The van der Waals surface area contributed by atoms with Crippen molar-refractivity contribution >= 4 is 38.9 Å². The summed E-state index contributed by atoms with van der Waals surface area (Å²) < 4.78 is 40.3. The summed E-state index contributed by atoms with van der Waals surface area (Å²) in [6.07, 6.45) is 0. The molecule has 0 aliphatic carbocycles. The van der Waals surface area contributed by atoms with Gasteiger partial charge in [-0.15, -0.1) is 0 Å². The van der Waals surface area contributed by atoms with E-state index < -0.39 is 15.8 Å². The molecular weight excluding hydrogens is 338 g/mol. The number of para-hydroxylation sites is 1. The summed E-state index contributed by atoms with van der Waals surface area (Å²) in [4.78, 5) is -0.211. The fourth-order valence-corrected chi connectivity index (χ4v) is 3.62. The van der Waals surface area contributed by atoms with Crippen LogP contribution in [0.2, 0.25) is 10.0 Å². The summed E-state index contributed by atoms with van der Waals surface area (Å²) in [7, 11) is -4.05. The Kier molecular flexibility index (Phi) is 4.73. The molecule has 0 aliphatic rings. The summed E-state index contributed by atoms with van der Waals surface area (Å²) in [6, 6.07) is 7.98. The Morgan fingerprint density at radius 1 is 1.14 bits per heavy atom. The molecule has 0 heterocycles. The maximum atomic E-state index is 13.5. The third-order valence-corrected chi connectivity index (χ3v) is 4.91. The first-order chi connectivity index (χ1) is 9.85. The van der Waals surface area contributed by atoms with Gasteiger partial charge in [0.05, 0.1) is 10.7 Å². The second-order valence-corrected chi connectivity index (χ2v) is 6.63. The zero-order valence-electron chi connectivity index (χ0n) is 10.6. The molecule has 0 atom stereocenters. The van der Waals surface area contributed by atoms with Crippen molar-refractivity contribution in [3.05, 3.63) is 57.8 Å². The van der Waals surface area contributed by atoms with Gasteiger partial charge in [0.25, 0.3) is 10.0 Å². The molecule has 0 fully saturated rings. The third-order valence-electron chi connectivity index (χ3n) is 2.73. The number of halogens is 3. The van der Waals surface area contributed by atoms with Crippen molar-refractivity contribution in [2.24, 2.45) is 5.73 Å². The molecule has 0 saturated heterocycles. The van der Waals surface area contributed by atoms with Crippen LogP contribution in [-0.2, 0) is 16.6 Å². The molecule has 3 N–H and O–H groups in total. The van der Waals surface area contributed by atoms with Gasteiger partial charge in [-0.3, -0.25) is 4.72 Å². The van der Waals surface area contributed by atoms with E-state index in [4.69, 9.17) is 28.9 Å². The van der Waals surface area contributed by atoms with E-state index in [9.17, 15) is 12.8 Å². The molecule has 0 aliphatic heterocycles. The highest BCUT2D eigenvalue weighted by atomic mass is 35.5. The van der Waals surface area contributed by atoms with Crippen molar-refractivity contribution in [1.29, 1.82) is 0 Å². The van der Waals surface area contributed by atoms with Crippen LogP contribution < -0.4 is 10.5 Å². The van der Waals surface area contributed by atoms with E-state index in [1.165, 1.54) is 30.3 Å². The lowest BCUT2D eigenvalue weighted by atomic mass is 10.2. The Bertz CT molecular complexity index is 782. The number of anilines is 1. The second kappa shape index (κ2) is 6.19. The maximum absolute atomic E-state index is 13.5. The zero-order chi connectivity index (χ0) is 15.6. The third kappa shape index (κ3) is 3.47. The van der Waals surface area contributed by atoms with Gasteiger partial charge in [-0.2, -0.15) is 0 Å². The quantitative estimate of drug-likeness (QED) is 0.889. The molecule has 0 spiro atoms. The lowest BCUT2D eigenvalue weighted by Crippen LogP contribution is -2.15. The van der Waals surface area contributed by atoms with E-state index in [1.807, 2.05) is 0 Å². The number of rotatable bonds is 4. The van der Waals surface area contributed by atoms with E-state index in [-0.39, 0.29) is 27.2 Å². The highest BCUT2D eigenvalue weighted by molar-refractivity contribution is 7.92. The molecule has 2 rings (SSSR count). The molecule has 2 aromatic rings. The van der Waals surface area contributed by atoms with E-state index in [0.29, 0.717) is 5.56 Å². The first-order valence-electron chi connectivity index (χ1n) is 5.80. The van der Waals surface area contributed by atoms with Gasteiger partial charge in [0.1, 0.15) is 10.7 Å². The molecule has 0 unspecified atom stereocenters. The summed E-state index contributed by atoms with van der Waals surface area (Å²) >= 11 is 11.8. The van der Waals surface area contributed by atoms with Gasteiger partial charge in [-0.05, 0) is 29.8 Å². The molecule has 0 saturated carbocycles. The topological polar surface area (TPSA) is 72.2 Å². The molecule has 2 aromatic carbocycles. The molecule has 4 nitrogen and oxygen atoms in total. The monoisotopic (exact) mass is 348 g/mol. The molecule has 112 valence electrons. The van der Waals surface area contributed by atoms with Crippen molar-refractivity contribution in [2.75, 3.05) is 4.72 Å². The molecule has 0 amide bonds. The van der Waals surface area contributed by atoms with Crippen LogP contribution in [0.3, 0.4) is 0 Å². The molecular formula is C13H11Cl2FN2O2S. The number of nitrogens with one attached hydrogen (secondary N) is 1. The van der Waals surface area contributed by atoms with Gasteiger partial charge < -0.3 is 5.73 Å². The van der Waals surface area contributed by atoms with Gasteiger partial charge in [0.15, 0.2) is 0 Å². The second-order valence-electron chi connectivity index (χ2n) is 4.16. The van der Waals surface area contributed by atoms with E-state index in [1.54, 1.807) is 0 Å². The van der Waals surface area contributed by atoms with E-state index in [0.717, 1.165) is 6.07 Å². The van der Waals surface area contributed by atoms with Gasteiger partial charge in [-0.1, -0.05) is 35.3 Å². The lowest BCUT2D eigenvalue weighted by Gasteiger charge is -2.12. The highest BCUT2D eigenvalue weighted by Crippen LogP contribution is 2.30. The molecule has 0 aromatic heterocycles. The Balaban J connectivity index is 2.47. The summed E-state index contributed by atoms with van der Waals surface area (Å²) in [5.41, 5.74) is 5.74. The molecule has 8 heteroatoms. The summed E-state index contributed by atoms with van der Waals surface area (Å²) in [6.45, 7) is 0.0538. The molecule has 0 bridgehead atoms. The van der Waals surface area contributed by atoms with Crippen LogP contribution in [0.1, 0.15) is 5.56 Å². The molecule has 0 radical (unpaired) electrons. The van der Waals surface area contributed by atoms with Crippen molar-refractivity contribution < 1.29 is 12.8 Å². The average molecular weight is 349 g/mol. The Morgan fingerprint density at radius 3 is 2.43 bits per heavy atom. The van der Waals surface area contributed by atoms with Gasteiger partial charge >= 0.3 is 0 Å². The van der Waals surface area contributed by atoms with Crippen molar-refractivity contribution in [3.8, 4) is 0 Å². The Hall–Kier alpha value is -1.34. The largest absolute Gasteiger partial charge is 0.326 e. The highest BCUT2D eigenvalue weighted by Gasteiger charge is 2.21. The van der Waals surface area contributed by atoms with Gasteiger partial charge in [-0.25, -0.2) is 12.8 Å². The van der Waals surface area contributed by atoms with Crippen molar-refractivity contribution in [3.63, 3.8) is 0 Å². The minimum absolute atomic E-state index is 0.0538. The normalized spacial score (nSPS) is 11.4. The van der Waals surface area contributed by atoms with Crippen LogP contribution in [-0.4, -0.2) is 8.42 Å². The summed E-state index contributed by atoms with van der Waals surface area (Å²) in [5.74, 6) is -0.690. The average Bonchev–Trinajstić information content (AvgIpc) is 2.41. The number of benzene rings is 2. The minimum atomic E-state index is -4.05. The molecule has 21 heavy (non-hydrogen) atoms. The van der Waals surface area contributed by atoms with Crippen LogP contribution in [0.25, 0.3) is 0 Å². The number of sulfonamides is 1. The Morgan fingerprint density at radius 2 is 1.81 bits per heavy atom. The van der Waals surface area contributed by atoms with E-state index in [2.05, 4.69) is 4.72 Å². The van der Waals surface area contributed by atoms with Crippen molar-refractivity contribution in [2.45, 2.75) is 11.4 Å². The predicted octanol–water partition coefficient (Wildman–Crippen LogP) is 3.39. The summed E-state index contributed by atoms with van der Waals surface area (Å²) in [5, 5.41) is 0.202. The van der Waals surface area contributed by atoms with Gasteiger partial charge in [0.2, 0.25) is 0 Å². The number of hydrogen-bond donors (Lipinski definition) is 2. The van der Waals surface area contributed by atoms with Crippen LogP contribution >= 0.6 is 23.2 Å². The fraction of sp³-hybridized carbons (Fsp3) is 0.0769. The van der Waals surface area contributed by atoms with Crippen LogP contribution in [0, 0.1) is 5.82 Å². The van der Waals surface area contributed by atoms with Crippen molar-refractivity contribution in [1.82, 2.24) is 0 Å². The maximum Gasteiger partial charge on any atom is 0.263 e. The minimum Gasteiger partial charge on any atom is -0.326 e. The van der Waals surface area contributed by atoms with Gasteiger partial charge in [0, 0.05) is 11.6 Å². The van der Waals surface area contributed by atoms with Crippen LogP contribution in [0.5, 0.6) is 0 Å². The number of nitrogens with two attached hydrogens (primary N) is 1. The SMILES string of the molecule is NCc1cc(S(=O)(=O)Nc2ccccc2F)c(Cl)cc1Cl. The van der Waals surface area contributed by atoms with E-state index >= 15 is 0 Å². The Labute approximate surface area is 131 Å². The predicted molar refractivity (Wildman–Crippen MR) is 81.6 cm³/mol. The lowest BCUT2D eigenvalue weighted by molar-refractivity contribution is 0.598. The first kappa shape index (κ1) is 16.0. The first-order valence-corrected chi connectivity index (χ1v) is 8.04. The van der Waals surface area contributed by atoms with Crippen LogP contribution in [0.4, 0.5) is 10.1 Å². The number of hydrogen-bond acceptors (Lipinski definition) is 3. The zero-order valence-corrected chi connectivity index (χ0v) is 12.9.